The molecule has 0 spiro atoms. The van der Waals surface area contributed by atoms with Gasteiger partial charge in [0, 0.05) is 70.3 Å². The molecule has 4 rings (SSSR count). The fourth-order valence-corrected chi connectivity index (χ4v) is 3.86. The highest BCUT2D eigenvalue weighted by atomic mass is 16.1. The fraction of sp³-hybridized carbons (Fsp3) is 0.333. The smallest absolute Gasteiger partial charge is 0.222 e. The Kier molecular flexibility index (Phi) is 6.77. The summed E-state index contributed by atoms with van der Waals surface area (Å²) in [5.41, 5.74) is 3.78. The minimum absolute atomic E-state index is 0.0526. The number of rotatable bonds is 8. The summed E-state index contributed by atoms with van der Waals surface area (Å²) in [7, 11) is 0. The Balaban J connectivity index is 1.26. The summed E-state index contributed by atoms with van der Waals surface area (Å²) in [6.07, 6.45) is 4.04. The third-order valence-electron chi connectivity index (χ3n) is 5.61. The van der Waals surface area contributed by atoms with Crippen molar-refractivity contribution in [2.24, 2.45) is 0 Å². The number of amides is 1. The van der Waals surface area contributed by atoms with Crippen LogP contribution in [0.1, 0.15) is 17.5 Å². The number of aromatic nitrogens is 2. The van der Waals surface area contributed by atoms with E-state index in [1.165, 1.54) is 16.8 Å². The lowest BCUT2D eigenvalue weighted by Gasteiger charge is -2.36. The molecule has 0 unspecified atom stereocenters. The van der Waals surface area contributed by atoms with Gasteiger partial charge in [0.25, 0.3) is 0 Å². The maximum atomic E-state index is 12.2. The number of piperazine rings is 1. The Hall–Kier alpha value is -3.12. The van der Waals surface area contributed by atoms with Crippen LogP contribution in [0.5, 0.6) is 0 Å². The molecule has 2 heterocycles. The first-order valence-corrected chi connectivity index (χ1v) is 10.6. The maximum Gasteiger partial charge on any atom is 0.222 e. The van der Waals surface area contributed by atoms with E-state index < -0.39 is 0 Å². The minimum Gasteiger partial charge on any atom is -0.369 e. The average molecular weight is 404 g/mol. The Labute approximate surface area is 178 Å². The number of benzene rings is 2. The molecule has 0 bridgehead atoms. The number of para-hydroxylation sites is 1. The number of carbonyl (C=O) groups excluding carboxylic acids is 1. The van der Waals surface area contributed by atoms with Crippen molar-refractivity contribution in [1.82, 2.24) is 20.0 Å². The van der Waals surface area contributed by atoms with E-state index in [4.69, 9.17) is 0 Å². The van der Waals surface area contributed by atoms with Crippen LogP contribution < -0.4 is 10.2 Å². The number of anilines is 1. The molecule has 1 aliphatic heterocycles. The van der Waals surface area contributed by atoms with Gasteiger partial charge in [-0.15, -0.1) is 0 Å². The normalized spacial score (nSPS) is 14.6. The Bertz CT molecular complexity index is 918. The van der Waals surface area contributed by atoms with Gasteiger partial charge in [0.15, 0.2) is 0 Å². The van der Waals surface area contributed by atoms with Gasteiger partial charge in [-0.25, -0.2) is 0 Å². The summed E-state index contributed by atoms with van der Waals surface area (Å²) >= 11 is 0. The largest absolute Gasteiger partial charge is 0.369 e. The molecule has 1 aliphatic rings. The molecule has 6 heteroatoms. The van der Waals surface area contributed by atoms with Gasteiger partial charge in [-0.3, -0.25) is 14.4 Å². The van der Waals surface area contributed by atoms with Crippen LogP contribution in [-0.2, 0) is 24.4 Å². The van der Waals surface area contributed by atoms with Crippen LogP contribution in [0.15, 0.2) is 73.1 Å². The molecule has 1 N–H and O–H groups in total. The van der Waals surface area contributed by atoms with Crippen LogP contribution >= 0.6 is 0 Å². The van der Waals surface area contributed by atoms with Crippen molar-refractivity contribution < 1.29 is 4.79 Å². The molecule has 0 aliphatic carbocycles. The molecule has 1 aromatic heterocycles. The molecule has 30 heavy (non-hydrogen) atoms. The lowest BCUT2D eigenvalue weighted by atomic mass is 10.1. The summed E-state index contributed by atoms with van der Waals surface area (Å²) in [5, 5.41) is 7.20. The van der Waals surface area contributed by atoms with Gasteiger partial charge in [0.05, 0.1) is 0 Å². The van der Waals surface area contributed by atoms with Crippen LogP contribution in [0.25, 0.3) is 0 Å². The molecular weight excluding hydrogens is 374 g/mol. The van der Waals surface area contributed by atoms with E-state index in [0.717, 1.165) is 32.7 Å². The first-order valence-electron chi connectivity index (χ1n) is 10.6. The van der Waals surface area contributed by atoms with Gasteiger partial charge in [-0.05, 0) is 29.3 Å². The molecule has 0 atom stereocenters. The molecule has 2 aromatic carbocycles. The zero-order valence-electron chi connectivity index (χ0n) is 17.3. The van der Waals surface area contributed by atoms with Gasteiger partial charge in [0.1, 0.15) is 0 Å². The summed E-state index contributed by atoms with van der Waals surface area (Å²) < 4.78 is 1.78. The molecule has 1 fully saturated rings. The number of nitrogens with one attached hydrogen (secondary N) is 1. The molecule has 3 aromatic rings. The Morgan fingerprint density at radius 2 is 1.63 bits per heavy atom. The Morgan fingerprint density at radius 1 is 0.900 bits per heavy atom. The predicted octanol–water partition coefficient (Wildman–Crippen LogP) is 2.91. The highest BCUT2D eigenvalue weighted by Crippen LogP contribution is 2.18. The van der Waals surface area contributed by atoms with E-state index in [9.17, 15) is 4.79 Å². The van der Waals surface area contributed by atoms with Crippen molar-refractivity contribution in [2.45, 2.75) is 26.1 Å². The van der Waals surface area contributed by atoms with Crippen LogP contribution in [-0.4, -0.2) is 46.8 Å². The zero-order valence-corrected chi connectivity index (χ0v) is 17.3. The lowest BCUT2D eigenvalue weighted by molar-refractivity contribution is -0.121. The van der Waals surface area contributed by atoms with Crippen LogP contribution in [0, 0.1) is 0 Å². The van der Waals surface area contributed by atoms with Gasteiger partial charge in [-0.1, -0.05) is 42.5 Å². The fourth-order valence-electron chi connectivity index (χ4n) is 3.86. The third kappa shape index (κ3) is 5.48. The first-order chi connectivity index (χ1) is 14.8. The SMILES string of the molecule is O=C(CCn1cccn1)NCc1ccccc1CN1CCN(c2ccccc2)CC1. The van der Waals surface area contributed by atoms with Crippen molar-refractivity contribution >= 4 is 11.6 Å². The van der Waals surface area contributed by atoms with Crippen LogP contribution in [0.2, 0.25) is 0 Å². The monoisotopic (exact) mass is 403 g/mol. The summed E-state index contributed by atoms with van der Waals surface area (Å²) in [6.45, 7) is 6.25. The van der Waals surface area contributed by atoms with E-state index >= 15 is 0 Å². The van der Waals surface area contributed by atoms with Crippen LogP contribution in [0.3, 0.4) is 0 Å². The van der Waals surface area contributed by atoms with Gasteiger partial charge >= 0.3 is 0 Å². The van der Waals surface area contributed by atoms with Gasteiger partial charge < -0.3 is 10.2 Å². The summed E-state index contributed by atoms with van der Waals surface area (Å²) in [4.78, 5) is 17.2. The lowest BCUT2D eigenvalue weighted by Crippen LogP contribution is -2.46. The van der Waals surface area contributed by atoms with E-state index in [0.29, 0.717) is 19.5 Å². The van der Waals surface area contributed by atoms with Crippen molar-refractivity contribution in [3.8, 4) is 0 Å². The summed E-state index contributed by atoms with van der Waals surface area (Å²) in [6, 6.07) is 20.9. The molecule has 156 valence electrons. The van der Waals surface area contributed by atoms with Crippen molar-refractivity contribution in [2.75, 3.05) is 31.1 Å². The Morgan fingerprint density at radius 3 is 2.37 bits per heavy atom. The standard InChI is InChI=1S/C24H29N5O/c30-24(11-14-29-13-6-12-26-29)25-19-21-7-4-5-8-22(21)20-27-15-17-28(18-16-27)23-9-2-1-3-10-23/h1-10,12-13H,11,14-20H2,(H,25,30). The number of hydrogen-bond acceptors (Lipinski definition) is 4. The van der Waals surface area contributed by atoms with Crippen molar-refractivity contribution in [3.05, 3.63) is 84.2 Å². The number of aryl methyl sites for hydroxylation is 1. The topological polar surface area (TPSA) is 53.4 Å². The number of hydrogen-bond donors (Lipinski definition) is 1. The molecule has 0 saturated carbocycles. The highest BCUT2D eigenvalue weighted by molar-refractivity contribution is 5.75. The summed E-state index contributed by atoms with van der Waals surface area (Å²) in [5.74, 6) is 0.0526. The second-order valence-corrected chi connectivity index (χ2v) is 7.66. The molecule has 1 saturated heterocycles. The molecule has 6 nitrogen and oxygen atoms in total. The first kappa shape index (κ1) is 20.2. The van der Waals surface area contributed by atoms with Gasteiger partial charge in [0.2, 0.25) is 5.91 Å². The van der Waals surface area contributed by atoms with E-state index in [2.05, 4.69) is 68.7 Å². The quantitative estimate of drug-likeness (QED) is 0.628. The highest BCUT2D eigenvalue weighted by Gasteiger charge is 2.18. The number of carbonyl (C=O) groups is 1. The molecule has 1 amide bonds. The average Bonchev–Trinajstić information content (AvgIpc) is 3.32. The van der Waals surface area contributed by atoms with E-state index in [1.807, 2.05) is 18.3 Å². The second-order valence-electron chi connectivity index (χ2n) is 7.66. The van der Waals surface area contributed by atoms with Crippen molar-refractivity contribution in [3.63, 3.8) is 0 Å². The van der Waals surface area contributed by atoms with E-state index in [1.54, 1.807) is 10.9 Å². The van der Waals surface area contributed by atoms with Gasteiger partial charge in [-0.2, -0.15) is 5.10 Å². The molecule has 0 radical (unpaired) electrons. The second kappa shape index (κ2) is 10.1. The van der Waals surface area contributed by atoms with E-state index in [-0.39, 0.29) is 5.91 Å². The van der Waals surface area contributed by atoms with Crippen molar-refractivity contribution in [1.29, 1.82) is 0 Å². The minimum atomic E-state index is 0.0526. The van der Waals surface area contributed by atoms with Crippen LogP contribution in [0.4, 0.5) is 5.69 Å². The number of nitrogens with zero attached hydrogens (tertiary/aromatic N) is 4. The third-order valence-corrected chi connectivity index (χ3v) is 5.61. The predicted molar refractivity (Wildman–Crippen MR) is 119 cm³/mol. The molecular formula is C24H29N5O. The maximum absolute atomic E-state index is 12.2. The zero-order chi connectivity index (χ0) is 20.6.